The molecule has 0 saturated heterocycles. The lowest BCUT2D eigenvalue weighted by molar-refractivity contribution is -0.108. The summed E-state index contributed by atoms with van der Waals surface area (Å²) in [5.41, 5.74) is 0.685. The zero-order valence-electron chi connectivity index (χ0n) is 10.5. The fourth-order valence-corrected chi connectivity index (χ4v) is 1.22. The average Bonchev–Trinajstić information content (AvgIpc) is 2.29. The molecule has 4 nitrogen and oxygen atoms in total. The van der Waals surface area contributed by atoms with E-state index in [0.717, 1.165) is 12.9 Å². The molecule has 17 heavy (non-hydrogen) atoms. The van der Waals surface area contributed by atoms with Gasteiger partial charge in [-0.05, 0) is 24.5 Å². The molecule has 0 aliphatic heterocycles. The van der Waals surface area contributed by atoms with E-state index in [1.54, 1.807) is 13.2 Å². The molecule has 0 saturated carbocycles. The Kier molecular flexibility index (Phi) is 7.80. The van der Waals surface area contributed by atoms with E-state index in [-0.39, 0.29) is 17.4 Å². The normalized spacial score (nSPS) is 11.2. The summed E-state index contributed by atoms with van der Waals surface area (Å²) in [5.74, 6) is 0.0482. The summed E-state index contributed by atoms with van der Waals surface area (Å²) < 4.78 is 4.54. The number of phenolic OH excluding ortho intramolecular Hbond substituents is 2. The fraction of sp³-hybridized carbons (Fsp3) is 0.462. The molecular weight excluding hydrogens is 220 g/mol. The maximum atomic E-state index is 10.2. The van der Waals surface area contributed by atoms with Crippen molar-refractivity contribution in [3.05, 3.63) is 23.8 Å². The molecule has 0 aliphatic rings. The standard InChI is InChI=1S/C10H12O3.C3H8O/c1-7(4-5-11)9-3-2-8(12)6-10(9)13;1-3-4-2/h2-3,5-7,12-13H,4H2,1H3;3H2,1-2H3. The SMILES string of the molecule is CC(CC=O)c1ccc(O)cc1O.CCOC. The third-order valence-electron chi connectivity index (χ3n) is 2.28. The van der Waals surface area contributed by atoms with Gasteiger partial charge in [0, 0.05) is 26.2 Å². The lowest BCUT2D eigenvalue weighted by Gasteiger charge is -2.10. The van der Waals surface area contributed by atoms with E-state index in [9.17, 15) is 9.90 Å². The van der Waals surface area contributed by atoms with Crippen molar-refractivity contribution in [1.29, 1.82) is 0 Å². The molecule has 0 aliphatic carbocycles. The van der Waals surface area contributed by atoms with Crippen LogP contribution in [0.25, 0.3) is 0 Å². The van der Waals surface area contributed by atoms with Crippen LogP contribution in [-0.4, -0.2) is 30.2 Å². The minimum absolute atomic E-state index is 0.0156. The van der Waals surface area contributed by atoms with E-state index in [4.69, 9.17) is 5.11 Å². The van der Waals surface area contributed by atoms with E-state index >= 15 is 0 Å². The Morgan fingerprint density at radius 3 is 2.41 bits per heavy atom. The zero-order valence-corrected chi connectivity index (χ0v) is 10.5. The maximum Gasteiger partial charge on any atom is 0.122 e. The van der Waals surface area contributed by atoms with Crippen LogP contribution in [0, 0.1) is 0 Å². The monoisotopic (exact) mass is 240 g/mol. The molecule has 0 spiro atoms. The number of phenols is 2. The molecule has 4 heteroatoms. The van der Waals surface area contributed by atoms with Crippen LogP contribution in [0.2, 0.25) is 0 Å². The number of benzene rings is 1. The van der Waals surface area contributed by atoms with Gasteiger partial charge < -0.3 is 19.7 Å². The number of aromatic hydroxyl groups is 2. The Balaban J connectivity index is 0.000000557. The molecule has 1 aromatic carbocycles. The highest BCUT2D eigenvalue weighted by molar-refractivity contribution is 5.53. The summed E-state index contributed by atoms with van der Waals surface area (Å²) in [7, 11) is 1.68. The van der Waals surface area contributed by atoms with Gasteiger partial charge in [-0.2, -0.15) is 0 Å². The van der Waals surface area contributed by atoms with Crippen LogP contribution in [0.15, 0.2) is 18.2 Å². The quantitative estimate of drug-likeness (QED) is 0.793. The van der Waals surface area contributed by atoms with Crippen molar-refractivity contribution in [3.8, 4) is 11.5 Å². The predicted octanol–water partition coefficient (Wildman–Crippen LogP) is 2.44. The first-order chi connectivity index (χ1) is 8.06. The van der Waals surface area contributed by atoms with Crippen LogP contribution in [0.4, 0.5) is 0 Å². The minimum Gasteiger partial charge on any atom is -0.508 e. The molecule has 2 N–H and O–H groups in total. The fourth-order valence-electron chi connectivity index (χ4n) is 1.22. The van der Waals surface area contributed by atoms with Gasteiger partial charge in [0.15, 0.2) is 0 Å². The van der Waals surface area contributed by atoms with Gasteiger partial charge in [0.25, 0.3) is 0 Å². The van der Waals surface area contributed by atoms with Gasteiger partial charge >= 0.3 is 0 Å². The summed E-state index contributed by atoms with van der Waals surface area (Å²) in [6.45, 7) is 4.63. The summed E-state index contributed by atoms with van der Waals surface area (Å²) in [4.78, 5) is 10.2. The van der Waals surface area contributed by atoms with Crippen molar-refractivity contribution in [2.75, 3.05) is 13.7 Å². The van der Waals surface area contributed by atoms with Gasteiger partial charge in [-0.3, -0.25) is 0 Å². The second-order valence-corrected chi connectivity index (χ2v) is 3.62. The Bertz CT molecular complexity index is 334. The van der Waals surface area contributed by atoms with Gasteiger partial charge in [0.2, 0.25) is 0 Å². The Labute approximate surface area is 102 Å². The molecule has 0 heterocycles. The number of carbonyl (C=O) groups is 1. The highest BCUT2D eigenvalue weighted by Crippen LogP contribution is 2.30. The van der Waals surface area contributed by atoms with Crippen LogP contribution in [-0.2, 0) is 9.53 Å². The second kappa shape index (κ2) is 8.58. The van der Waals surface area contributed by atoms with Crippen molar-refractivity contribution in [2.45, 2.75) is 26.2 Å². The van der Waals surface area contributed by atoms with E-state index in [1.807, 2.05) is 13.8 Å². The number of rotatable bonds is 4. The van der Waals surface area contributed by atoms with E-state index in [0.29, 0.717) is 12.0 Å². The van der Waals surface area contributed by atoms with Crippen molar-refractivity contribution in [2.24, 2.45) is 0 Å². The molecule has 0 bridgehead atoms. The first-order valence-corrected chi connectivity index (χ1v) is 5.51. The number of hydrogen-bond donors (Lipinski definition) is 2. The largest absolute Gasteiger partial charge is 0.508 e. The van der Waals surface area contributed by atoms with Crippen molar-refractivity contribution in [3.63, 3.8) is 0 Å². The summed E-state index contributed by atoms with van der Waals surface area (Å²) in [6.07, 6.45) is 1.19. The first-order valence-electron chi connectivity index (χ1n) is 5.51. The summed E-state index contributed by atoms with van der Waals surface area (Å²) in [5, 5.41) is 18.4. The van der Waals surface area contributed by atoms with Gasteiger partial charge in [-0.1, -0.05) is 13.0 Å². The van der Waals surface area contributed by atoms with Gasteiger partial charge in [-0.15, -0.1) is 0 Å². The molecule has 1 rings (SSSR count). The zero-order chi connectivity index (χ0) is 13.3. The smallest absolute Gasteiger partial charge is 0.122 e. The minimum atomic E-state index is -0.0156. The van der Waals surface area contributed by atoms with Gasteiger partial charge in [-0.25, -0.2) is 0 Å². The lowest BCUT2D eigenvalue weighted by Crippen LogP contribution is -1.94. The average molecular weight is 240 g/mol. The van der Waals surface area contributed by atoms with E-state index in [2.05, 4.69) is 4.74 Å². The lowest BCUT2D eigenvalue weighted by atomic mass is 9.97. The Morgan fingerprint density at radius 2 is 2.00 bits per heavy atom. The molecule has 0 aromatic heterocycles. The molecule has 0 radical (unpaired) electrons. The summed E-state index contributed by atoms with van der Waals surface area (Å²) in [6, 6.07) is 4.39. The van der Waals surface area contributed by atoms with Crippen molar-refractivity contribution >= 4 is 6.29 Å². The van der Waals surface area contributed by atoms with Crippen LogP contribution < -0.4 is 0 Å². The third kappa shape index (κ3) is 5.92. The molecule has 1 atom stereocenters. The number of hydrogen-bond acceptors (Lipinski definition) is 4. The van der Waals surface area contributed by atoms with Crippen LogP contribution in [0.3, 0.4) is 0 Å². The topological polar surface area (TPSA) is 66.8 Å². The van der Waals surface area contributed by atoms with E-state index < -0.39 is 0 Å². The number of methoxy groups -OCH3 is 1. The summed E-state index contributed by atoms with van der Waals surface area (Å²) >= 11 is 0. The molecular formula is C13H20O4. The molecule has 96 valence electrons. The maximum absolute atomic E-state index is 10.2. The Morgan fingerprint density at radius 1 is 1.41 bits per heavy atom. The third-order valence-corrected chi connectivity index (χ3v) is 2.28. The molecule has 0 amide bonds. The van der Waals surface area contributed by atoms with Crippen LogP contribution in [0.5, 0.6) is 11.5 Å². The number of carbonyl (C=O) groups excluding carboxylic acids is 1. The van der Waals surface area contributed by atoms with Crippen LogP contribution in [0.1, 0.15) is 31.7 Å². The second-order valence-electron chi connectivity index (χ2n) is 3.62. The van der Waals surface area contributed by atoms with Crippen molar-refractivity contribution < 1.29 is 19.7 Å². The molecule has 1 aromatic rings. The van der Waals surface area contributed by atoms with Crippen LogP contribution >= 0.6 is 0 Å². The van der Waals surface area contributed by atoms with Gasteiger partial charge in [0.05, 0.1) is 0 Å². The molecule has 0 fully saturated rings. The highest BCUT2D eigenvalue weighted by atomic mass is 16.5. The number of ether oxygens (including phenoxy) is 1. The van der Waals surface area contributed by atoms with Gasteiger partial charge in [0.1, 0.15) is 17.8 Å². The molecule has 1 unspecified atom stereocenters. The Hall–Kier alpha value is -1.55. The van der Waals surface area contributed by atoms with Crippen molar-refractivity contribution in [1.82, 2.24) is 0 Å². The predicted molar refractivity (Wildman–Crippen MR) is 66.4 cm³/mol. The first kappa shape index (κ1) is 15.4. The number of aldehydes is 1. The van der Waals surface area contributed by atoms with E-state index in [1.165, 1.54) is 12.1 Å². The highest BCUT2D eigenvalue weighted by Gasteiger charge is 2.09.